The minimum absolute atomic E-state index is 0. The van der Waals surface area contributed by atoms with E-state index in [0.717, 1.165) is 24.6 Å². The van der Waals surface area contributed by atoms with Gasteiger partial charge < -0.3 is 15.4 Å². The normalized spacial score (nSPS) is 10.8. The Morgan fingerprint density at radius 2 is 1.92 bits per heavy atom. The summed E-state index contributed by atoms with van der Waals surface area (Å²) in [5, 5.41) is 8.69. The van der Waals surface area contributed by atoms with E-state index in [1.54, 1.807) is 23.5 Å². The van der Waals surface area contributed by atoms with Crippen molar-refractivity contribution in [2.45, 2.75) is 26.9 Å². The largest absolute Gasteiger partial charge is 0.465 e. The molecule has 7 heteroatoms. The van der Waals surface area contributed by atoms with Crippen molar-refractivity contribution >= 4 is 47.2 Å². The highest BCUT2D eigenvalue weighted by molar-refractivity contribution is 14.0. The number of carbonyl (C=O) groups excluding carboxylic acids is 1. The van der Waals surface area contributed by atoms with Crippen molar-refractivity contribution in [3.63, 3.8) is 0 Å². The zero-order chi connectivity index (χ0) is 17.4. The van der Waals surface area contributed by atoms with E-state index in [9.17, 15) is 4.79 Å². The van der Waals surface area contributed by atoms with Crippen LogP contribution < -0.4 is 10.6 Å². The van der Waals surface area contributed by atoms with Crippen molar-refractivity contribution in [1.82, 2.24) is 10.6 Å². The van der Waals surface area contributed by atoms with Gasteiger partial charge in [-0.25, -0.2) is 9.79 Å². The lowest BCUT2D eigenvalue weighted by Crippen LogP contribution is -2.36. The van der Waals surface area contributed by atoms with Crippen LogP contribution in [0.25, 0.3) is 0 Å². The number of carbonyl (C=O) groups is 1. The highest BCUT2D eigenvalue weighted by Crippen LogP contribution is 2.14. The molecular formula is C18H24IN3O2S. The highest BCUT2D eigenvalue weighted by atomic mass is 127. The van der Waals surface area contributed by atoms with Crippen molar-refractivity contribution in [2.24, 2.45) is 4.99 Å². The lowest BCUT2D eigenvalue weighted by atomic mass is 10.1. The fraction of sp³-hybridized carbons (Fsp3) is 0.333. The maximum Gasteiger partial charge on any atom is 0.337 e. The number of nitrogens with one attached hydrogen (secondary N) is 2. The van der Waals surface area contributed by atoms with Crippen molar-refractivity contribution in [3.05, 3.63) is 57.3 Å². The second-order valence-corrected chi connectivity index (χ2v) is 6.26. The summed E-state index contributed by atoms with van der Waals surface area (Å²) in [6, 6.07) is 9.41. The van der Waals surface area contributed by atoms with Gasteiger partial charge in [0.2, 0.25) is 0 Å². The van der Waals surface area contributed by atoms with Gasteiger partial charge in [0.1, 0.15) is 0 Å². The van der Waals surface area contributed by atoms with E-state index in [-0.39, 0.29) is 29.9 Å². The van der Waals surface area contributed by atoms with E-state index in [1.807, 2.05) is 19.1 Å². The molecule has 5 nitrogen and oxygen atoms in total. The molecule has 0 fully saturated rings. The second kappa shape index (κ2) is 11.1. The molecule has 2 N–H and O–H groups in total. The molecule has 0 saturated carbocycles. The molecule has 0 saturated heterocycles. The summed E-state index contributed by atoms with van der Waals surface area (Å²) in [5.41, 5.74) is 2.87. The summed E-state index contributed by atoms with van der Waals surface area (Å²) in [6.07, 6.45) is 0. The number of thiophene rings is 1. The number of nitrogens with zero attached hydrogens (tertiary/aromatic N) is 1. The monoisotopic (exact) mass is 473 g/mol. The molecule has 0 bridgehead atoms. The van der Waals surface area contributed by atoms with Gasteiger partial charge in [-0.05, 0) is 48.6 Å². The van der Waals surface area contributed by atoms with Crippen LogP contribution in [-0.4, -0.2) is 25.6 Å². The van der Waals surface area contributed by atoms with Gasteiger partial charge >= 0.3 is 5.97 Å². The number of benzene rings is 1. The quantitative estimate of drug-likeness (QED) is 0.291. The number of hydrogen-bond acceptors (Lipinski definition) is 4. The molecule has 0 spiro atoms. The smallest absolute Gasteiger partial charge is 0.337 e. The van der Waals surface area contributed by atoms with Crippen LogP contribution in [0.5, 0.6) is 0 Å². The molecule has 2 aromatic rings. The second-order valence-electron chi connectivity index (χ2n) is 5.26. The number of rotatable bonds is 6. The van der Waals surface area contributed by atoms with Crippen molar-refractivity contribution < 1.29 is 9.53 Å². The topological polar surface area (TPSA) is 62.7 Å². The van der Waals surface area contributed by atoms with E-state index in [4.69, 9.17) is 4.74 Å². The van der Waals surface area contributed by atoms with Crippen molar-refractivity contribution in [2.75, 3.05) is 13.7 Å². The molecule has 0 aliphatic rings. The van der Waals surface area contributed by atoms with E-state index in [2.05, 4.69) is 34.0 Å². The molecule has 1 aromatic carbocycles. The summed E-state index contributed by atoms with van der Waals surface area (Å²) >= 11 is 1.74. The van der Waals surface area contributed by atoms with E-state index in [0.29, 0.717) is 12.1 Å². The number of methoxy groups -OCH3 is 1. The van der Waals surface area contributed by atoms with Gasteiger partial charge in [-0.1, -0.05) is 12.1 Å². The Morgan fingerprint density at radius 1 is 1.20 bits per heavy atom. The Bertz CT molecular complexity index is 699. The molecule has 0 unspecified atom stereocenters. The summed E-state index contributed by atoms with van der Waals surface area (Å²) in [5.74, 6) is 0.453. The van der Waals surface area contributed by atoms with Gasteiger partial charge in [0.25, 0.3) is 0 Å². The minimum atomic E-state index is -0.327. The van der Waals surface area contributed by atoms with E-state index < -0.39 is 0 Å². The van der Waals surface area contributed by atoms with Crippen LogP contribution in [0.4, 0.5) is 0 Å². The van der Waals surface area contributed by atoms with E-state index >= 15 is 0 Å². The zero-order valence-corrected chi connectivity index (χ0v) is 17.8. The Kier molecular flexibility index (Phi) is 9.51. The summed E-state index contributed by atoms with van der Waals surface area (Å²) < 4.78 is 4.70. The molecular weight excluding hydrogens is 449 g/mol. The number of guanidine groups is 1. The van der Waals surface area contributed by atoms with Gasteiger partial charge in [-0.2, -0.15) is 0 Å². The van der Waals surface area contributed by atoms with Gasteiger partial charge in [0, 0.05) is 11.4 Å². The number of aliphatic imine (C=N–C) groups is 1. The summed E-state index contributed by atoms with van der Waals surface area (Å²) in [4.78, 5) is 17.3. The van der Waals surface area contributed by atoms with E-state index in [1.165, 1.54) is 17.6 Å². The third kappa shape index (κ3) is 6.66. The van der Waals surface area contributed by atoms with Crippen molar-refractivity contribution in [1.29, 1.82) is 0 Å². The zero-order valence-electron chi connectivity index (χ0n) is 14.7. The third-order valence-electron chi connectivity index (χ3n) is 3.52. The summed E-state index contributed by atoms with van der Waals surface area (Å²) in [7, 11) is 1.38. The van der Waals surface area contributed by atoms with Gasteiger partial charge in [-0.3, -0.25) is 0 Å². The van der Waals surface area contributed by atoms with Crippen LogP contribution in [-0.2, 0) is 17.8 Å². The molecule has 0 atom stereocenters. The first-order valence-electron chi connectivity index (χ1n) is 7.86. The first-order chi connectivity index (χ1) is 11.6. The fourth-order valence-electron chi connectivity index (χ4n) is 2.13. The van der Waals surface area contributed by atoms with Crippen LogP contribution in [0.3, 0.4) is 0 Å². The van der Waals surface area contributed by atoms with Crippen LogP contribution in [0.15, 0.2) is 40.7 Å². The Balaban J connectivity index is 0.00000312. The Morgan fingerprint density at radius 3 is 2.48 bits per heavy atom. The van der Waals surface area contributed by atoms with Crippen LogP contribution in [0.2, 0.25) is 0 Å². The molecule has 0 radical (unpaired) electrons. The lowest BCUT2D eigenvalue weighted by Gasteiger charge is -2.11. The molecule has 136 valence electrons. The molecule has 0 aliphatic carbocycles. The number of ether oxygens (including phenoxy) is 1. The standard InChI is InChI=1S/C18H23N3O2S.HI/c1-4-19-18(21-12-16-13(2)9-10-24-16)20-11-14-5-7-15(8-6-14)17(22)23-3;/h5-10H,4,11-12H2,1-3H3,(H2,19,20,21);1H. The average molecular weight is 473 g/mol. The Labute approximate surface area is 169 Å². The maximum absolute atomic E-state index is 11.4. The SMILES string of the molecule is CCNC(=NCc1ccc(C(=O)OC)cc1)NCc1sccc1C.I. The highest BCUT2D eigenvalue weighted by Gasteiger charge is 2.05. The molecule has 1 aromatic heterocycles. The Hall–Kier alpha value is -1.61. The van der Waals surface area contributed by atoms with Gasteiger partial charge in [-0.15, -0.1) is 35.3 Å². The molecule has 0 aliphatic heterocycles. The first-order valence-corrected chi connectivity index (χ1v) is 8.74. The molecule has 25 heavy (non-hydrogen) atoms. The average Bonchev–Trinajstić information content (AvgIpc) is 3.02. The maximum atomic E-state index is 11.4. The number of esters is 1. The predicted molar refractivity (Wildman–Crippen MR) is 114 cm³/mol. The number of hydrogen-bond donors (Lipinski definition) is 2. The fourth-order valence-corrected chi connectivity index (χ4v) is 2.97. The summed E-state index contributed by atoms with van der Waals surface area (Å²) in [6.45, 7) is 6.26. The molecule has 2 rings (SSSR count). The van der Waals surface area contributed by atoms with Crippen LogP contribution in [0, 0.1) is 6.92 Å². The molecule has 0 amide bonds. The minimum Gasteiger partial charge on any atom is -0.465 e. The third-order valence-corrected chi connectivity index (χ3v) is 4.55. The van der Waals surface area contributed by atoms with Gasteiger partial charge in [0.05, 0.1) is 25.8 Å². The van der Waals surface area contributed by atoms with Gasteiger partial charge in [0.15, 0.2) is 5.96 Å². The lowest BCUT2D eigenvalue weighted by molar-refractivity contribution is 0.0600. The van der Waals surface area contributed by atoms with Crippen LogP contribution >= 0.6 is 35.3 Å². The number of aryl methyl sites for hydroxylation is 1. The predicted octanol–water partition coefficient (Wildman–Crippen LogP) is 3.72. The number of halogens is 1. The van der Waals surface area contributed by atoms with Crippen molar-refractivity contribution in [3.8, 4) is 0 Å². The molecule has 1 heterocycles. The first kappa shape index (κ1) is 21.4. The van der Waals surface area contributed by atoms with Crippen LogP contribution in [0.1, 0.15) is 33.3 Å².